The van der Waals surface area contributed by atoms with Gasteiger partial charge in [0, 0.05) is 12.2 Å². The molecular formula is C14H14F2N2O2S. The van der Waals surface area contributed by atoms with Gasteiger partial charge in [0.25, 0.3) is 0 Å². The van der Waals surface area contributed by atoms with Crippen LogP contribution < -0.4 is 5.32 Å². The quantitative estimate of drug-likeness (QED) is 0.912. The Morgan fingerprint density at radius 2 is 2.10 bits per heavy atom. The zero-order valence-corrected chi connectivity index (χ0v) is 12.2. The first kappa shape index (κ1) is 14.3. The molecular weight excluding hydrogens is 298 g/mol. The van der Waals surface area contributed by atoms with Gasteiger partial charge in [0.05, 0.1) is 4.87 Å². The molecule has 21 heavy (non-hydrogen) atoms. The minimum Gasteiger partial charge on any atom is -0.319 e. The fourth-order valence-corrected chi connectivity index (χ4v) is 4.27. The Labute approximate surface area is 124 Å². The molecule has 2 atom stereocenters. The number of rotatable bonds is 2. The van der Waals surface area contributed by atoms with Gasteiger partial charge in [-0.15, -0.1) is 11.8 Å². The lowest BCUT2D eigenvalue weighted by atomic mass is 10.2. The molecule has 4 nitrogen and oxygen atoms in total. The zero-order valence-electron chi connectivity index (χ0n) is 11.4. The van der Waals surface area contributed by atoms with Gasteiger partial charge in [-0.25, -0.2) is 8.78 Å². The van der Waals surface area contributed by atoms with Gasteiger partial charge < -0.3 is 10.2 Å². The Morgan fingerprint density at radius 3 is 2.76 bits per heavy atom. The molecule has 0 aliphatic carbocycles. The maximum absolute atomic E-state index is 13.6. The summed E-state index contributed by atoms with van der Waals surface area (Å²) >= 11 is 1.53. The van der Waals surface area contributed by atoms with Gasteiger partial charge in [0.2, 0.25) is 11.8 Å². The van der Waals surface area contributed by atoms with Crippen molar-refractivity contribution in [2.24, 2.45) is 0 Å². The highest BCUT2D eigenvalue weighted by Gasteiger charge is 2.52. The lowest BCUT2D eigenvalue weighted by Gasteiger charge is -2.29. The Hall–Kier alpha value is -1.63. The standard InChI is InChI=1S/C14H14F2N2O2S/c1-14-6-5-11(19)18(14)10(7-21-14)13(20)17-12-8(15)3-2-4-9(12)16/h2-4,10H,5-7H2,1H3,(H,17,20). The average Bonchev–Trinajstić information content (AvgIpc) is 2.91. The zero-order chi connectivity index (χ0) is 15.2. The van der Waals surface area contributed by atoms with E-state index >= 15 is 0 Å². The van der Waals surface area contributed by atoms with Crippen molar-refractivity contribution in [1.82, 2.24) is 4.90 Å². The lowest BCUT2D eigenvalue weighted by molar-refractivity contribution is -0.135. The number of thioether (sulfide) groups is 1. The predicted octanol–water partition coefficient (Wildman–Crippen LogP) is 2.36. The summed E-state index contributed by atoms with van der Waals surface area (Å²) in [7, 11) is 0. The van der Waals surface area contributed by atoms with Crippen molar-refractivity contribution in [3.63, 3.8) is 0 Å². The Balaban J connectivity index is 1.82. The molecule has 0 radical (unpaired) electrons. The number of amides is 2. The number of carbonyl (C=O) groups excluding carboxylic acids is 2. The minimum absolute atomic E-state index is 0.0864. The summed E-state index contributed by atoms with van der Waals surface area (Å²) in [6.07, 6.45) is 1.09. The molecule has 2 aliphatic heterocycles. The number of halogens is 2. The number of para-hydroxylation sites is 1. The molecule has 2 saturated heterocycles. The van der Waals surface area contributed by atoms with E-state index in [9.17, 15) is 18.4 Å². The van der Waals surface area contributed by atoms with E-state index in [0.29, 0.717) is 18.6 Å². The fourth-order valence-electron chi connectivity index (χ4n) is 2.84. The highest BCUT2D eigenvalue weighted by molar-refractivity contribution is 8.01. The number of fused-ring (bicyclic) bond motifs is 1. The summed E-state index contributed by atoms with van der Waals surface area (Å²) in [4.78, 5) is 25.4. The molecule has 1 aromatic rings. The summed E-state index contributed by atoms with van der Waals surface area (Å²) in [5.41, 5.74) is -0.465. The van der Waals surface area contributed by atoms with Gasteiger partial charge in [0.15, 0.2) is 0 Å². The third kappa shape index (κ3) is 2.29. The van der Waals surface area contributed by atoms with Gasteiger partial charge in [-0.1, -0.05) is 6.07 Å². The Bertz CT molecular complexity index is 605. The van der Waals surface area contributed by atoms with E-state index in [1.165, 1.54) is 17.8 Å². The largest absolute Gasteiger partial charge is 0.319 e. The van der Waals surface area contributed by atoms with E-state index in [1.807, 2.05) is 6.92 Å². The van der Waals surface area contributed by atoms with Crippen molar-refractivity contribution >= 4 is 29.3 Å². The smallest absolute Gasteiger partial charge is 0.248 e. The van der Waals surface area contributed by atoms with Crippen molar-refractivity contribution in [3.05, 3.63) is 29.8 Å². The molecule has 2 unspecified atom stereocenters. The van der Waals surface area contributed by atoms with Crippen LogP contribution in [0.5, 0.6) is 0 Å². The molecule has 2 amide bonds. The van der Waals surface area contributed by atoms with Crippen LogP contribution in [0.25, 0.3) is 0 Å². The number of benzene rings is 1. The molecule has 2 heterocycles. The molecule has 0 saturated carbocycles. The van der Waals surface area contributed by atoms with Gasteiger partial charge in [-0.05, 0) is 25.5 Å². The molecule has 1 N–H and O–H groups in total. The van der Waals surface area contributed by atoms with Gasteiger partial charge >= 0.3 is 0 Å². The molecule has 0 aromatic heterocycles. The number of nitrogens with zero attached hydrogens (tertiary/aromatic N) is 1. The summed E-state index contributed by atoms with van der Waals surface area (Å²) in [5, 5.41) is 2.27. The number of nitrogens with one attached hydrogen (secondary N) is 1. The highest BCUT2D eigenvalue weighted by atomic mass is 32.2. The second-order valence-corrected chi connectivity index (χ2v) is 6.85. The van der Waals surface area contributed by atoms with Crippen molar-refractivity contribution in [2.75, 3.05) is 11.1 Å². The monoisotopic (exact) mass is 312 g/mol. The molecule has 3 rings (SSSR count). The van der Waals surface area contributed by atoms with Crippen molar-refractivity contribution in [2.45, 2.75) is 30.7 Å². The molecule has 0 bridgehead atoms. The lowest BCUT2D eigenvalue weighted by Crippen LogP contribution is -2.48. The normalized spacial score (nSPS) is 27.9. The second kappa shape index (κ2) is 4.98. The maximum Gasteiger partial charge on any atom is 0.248 e. The summed E-state index contributed by atoms with van der Waals surface area (Å²) in [6, 6.07) is 2.70. The first-order valence-corrected chi connectivity index (χ1v) is 7.62. The van der Waals surface area contributed by atoms with Crippen molar-refractivity contribution in [3.8, 4) is 0 Å². The van der Waals surface area contributed by atoms with E-state index < -0.39 is 29.3 Å². The number of anilines is 1. The predicted molar refractivity (Wildman–Crippen MR) is 75.7 cm³/mol. The molecule has 0 spiro atoms. The topological polar surface area (TPSA) is 49.4 Å². The van der Waals surface area contributed by atoms with E-state index in [0.717, 1.165) is 12.1 Å². The van der Waals surface area contributed by atoms with Crippen molar-refractivity contribution in [1.29, 1.82) is 0 Å². The first-order chi connectivity index (χ1) is 9.92. The fraction of sp³-hybridized carbons (Fsp3) is 0.429. The molecule has 112 valence electrons. The van der Waals surface area contributed by atoms with Crippen LogP contribution in [0.3, 0.4) is 0 Å². The Kier molecular flexibility index (Phi) is 3.39. The summed E-state index contributed by atoms with van der Waals surface area (Å²) in [5.74, 6) is -1.86. The van der Waals surface area contributed by atoms with Gasteiger partial charge in [-0.3, -0.25) is 9.59 Å². The number of hydrogen-bond acceptors (Lipinski definition) is 3. The molecule has 2 fully saturated rings. The molecule has 2 aliphatic rings. The number of hydrogen-bond donors (Lipinski definition) is 1. The van der Waals surface area contributed by atoms with Crippen LogP contribution in [0, 0.1) is 11.6 Å². The van der Waals surface area contributed by atoms with Crippen LogP contribution in [-0.4, -0.2) is 33.4 Å². The van der Waals surface area contributed by atoms with E-state index in [-0.39, 0.29) is 10.8 Å². The van der Waals surface area contributed by atoms with Crippen LogP contribution in [0.4, 0.5) is 14.5 Å². The minimum atomic E-state index is -0.829. The first-order valence-electron chi connectivity index (χ1n) is 6.63. The van der Waals surface area contributed by atoms with Gasteiger partial charge in [0.1, 0.15) is 23.4 Å². The van der Waals surface area contributed by atoms with Crippen LogP contribution in [0.15, 0.2) is 18.2 Å². The van der Waals surface area contributed by atoms with Crippen LogP contribution in [0.1, 0.15) is 19.8 Å². The van der Waals surface area contributed by atoms with Crippen LogP contribution in [-0.2, 0) is 9.59 Å². The van der Waals surface area contributed by atoms with Crippen molar-refractivity contribution < 1.29 is 18.4 Å². The Morgan fingerprint density at radius 1 is 1.43 bits per heavy atom. The summed E-state index contributed by atoms with van der Waals surface area (Å²) in [6.45, 7) is 1.92. The molecule has 1 aromatic carbocycles. The van der Waals surface area contributed by atoms with Crippen LogP contribution in [0.2, 0.25) is 0 Å². The third-order valence-electron chi connectivity index (χ3n) is 3.96. The van der Waals surface area contributed by atoms with E-state index in [1.54, 1.807) is 4.90 Å². The van der Waals surface area contributed by atoms with Crippen LogP contribution >= 0.6 is 11.8 Å². The molecule has 7 heteroatoms. The third-order valence-corrected chi connectivity index (χ3v) is 5.46. The second-order valence-electron chi connectivity index (χ2n) is 5.35. The summed E-state index contributed by atoms with van der Waals surface area (Å²) < 4.78 is 27.2. The average molecular weight is 312 g/mol. The number of carbonyl (C=O) groups is 2. The van der Waals surface area contributed by atoms with E-state index in [2.05, 4.69) is 5.32 Å². The SMILES string of the molecule is CC12CCC(=O)N1C(C(=O)Nc1c(F)cccc1F)CS2. The van der Waals surface area contributed by atoms with Gasteiger partial charge in [-0.2, -0.15) is 0 Å². The highest BCUT2D eigenvalue weighted by Crippen LogP contribution is 2.47. The maximum atomic E-state index is 13.6. The van der Waals surface area contributed by atoms with E-state index in [4.69, 9.17) is 0 Å².